The molecule has 11 atom stereocenters. The van der Waals surface area contributed by atoms with E-state index >= 15 is 14.4 Å². The molecular weight excluding hydrogens is 1050 g/mol. The van der Waals surface area contributed by atoms with E-state index in [1.807, 2.05) is 53.8 Å². The van der Waals surface area contributed by atoms with Crippen LogP contribution in [0.25, 0.3) is 0 Å². The van der Waals surface area contributed by atoms with Crippen LogP contribution in [0.4, 0.5) is 0 Å². The third kappa shape index (κ3) is 11.5. The molecule has 1 aliphatic heterocycles. The number of fused-ring (bicyclic) bond motifs is 5. The maximum atomic E-state index is 16.7. The summed E-state index contributed by atoms with van der Waals surface area (Å²) in [7, 11) is -5.65. The van der Waals surface area contributed by atoms with E-state index in [9.17, 15) is 19.5 Å². The van der Waals surface area contributed by atoms with Gasteiger partial charge in [0, 0.05) is 37.7 Å². The molecule has 3 aromatic rings. The van der Waals surface area contributed by atoms with E-state index < -0.39 is 134 Å². The smallest absolute Gasteiger partial charge is 0.338 e. The van der Waals surface area contributed by atoms with Gasteiger partial charge in [-0.3, -0.25) is 19.2 Å². The highest BCUT2D eigenvalue weighted by Crippen LogP contribution is 2.65. The normalized spacial score (nSPS) is 28.1. The molecule has 2 bridgehead atoms. The largest absolute Gasteiger partial charge is 0.491 e. The minimum absolute atomic E-state index is 0.0548. The second-order valence-corrected chi connectivity index (χ2v) is 34.4. The summed E-state index contributed by atoms with van der Waals surface area (Å²) in [5.74, 6) is -5.55. The zero-order valence-electron chi connectivity index (χ0n) is 49.7. The van der Waals surface area contributed by atoms with Crippen molar-refractivity contribution in [2.24, 2.45) is 16.7 Å². The number of benzene rings is 3. The molecule has 3 aliphatic carbocycles. The van der Waals surface area contributed by atoms with Crippen molar-refractivity contribution in [2.45, 2.75) is 206 Å². The highest BCUT2D eigenvalue weighted by atomic mass is 28.4. The summed E-state index contributed by atoms with van der Waals surface area (Å²) in [5.41, 5.74) is -6.29. The van der Waals surface area contributed by atoms with Crippen LogP contribution in [-0.2, 0) is 51.7 Å². The molecule has 3 aromatic carbocycles. The van der Waals surface area contributed by atoms with Gasteiger partial charge in [0.1, 0.15) is 29.7 Å². The zero-order valence-corrected chi connectivity index (χ0v) is 51.7. The van der Waals surface area contributed by atoms with E-state index in [2.05, 4.69) is 26.1 Å². The SMILES string of the molecule is CC[Si](CC)(CC)O[C@H]1C[C@H]2OC[C@@]2(OC(C)=O)[C@H]2[C@H](OC(=O)c3cccc(OC(C)C)c3)[C@]3(O)C[C@H](OC(=O)[C@H](O[Si](C)(C)C(C)(C)C)[C@@H](NC(=O)c4ccccc4)c4ccccc4)C(C)=C([C@@H](OC(C)=O)C(=O)[C@]12C)C3(C)C. The predicted octanol–water partition coefficient (Wildman–Crippen LogP) is 10.6. The number of rotatable bonds is 19. The highest BCUT2D eigenvalue weighted by molar-refractivity contribution is 6.74. The Morgan fingerprint density at radius 3 is 1.96 bits per heavy atom. The van der Waals surface area contributed by atoms with Crippen molar-refractivity contribution in [2.75, 3.05) is 6.61 Å². The molecule has 16 nitrogen and oxygen atoms in total. The summed E-state index contributed by atoms with van der Waals surface area (Å²) in [5, 5.41) is 17.2. The van der Waals surface area contributed by atoms with Gasteiger partial charge in [0.05, 0.1) is 41.8 Å². The second-order valence-electron chi connectivity index (χ2n) is 24.9. The van der Waals surface area contributed by atoms with Gasteiger partial charge in [0.2, 0.25) is 0 Å². The quantitative estimate of drug-likeness (QED) is 0.0495. The molecule has 7 rings (SSSR count). The fourth-order valence-electron chi connectivity index (χ4n) is 12.6. The number of hydrogen-bond donors (Lipinski definition) is 2. The first kappa shape index (κ1) is 62.1. The first-order valence-electron chi connectivity index (χ1n) is 28.3. The number of ketones is 1. The molecule has 2 N–H and O–H groups in total. The average molecular weight is 1140 g/mol. The van der Waals surface area contributed by atoms with Crippen molar-refractivity contribution >= 4 is 52.2 Å². The van der Waals surface area contributed by atoms with Crippen LogP contribution in [0.2, 0.25) is 36.3 Å². The Morgan fingerprint density at radius 1 is 0.825 bits per heavy atom. The topological polar surface area (TPSA) is 209 Å². The lowest BCUT2D eigenvalue weighted by Gasteiger charge is -2.68. The molecule has 0 aromatic heterocycles. The van der Waals surface area contributed by atoms with Gasteiger partial charge >= 0.3 is 23.9 Å². The van der Waals surface area contributed by atoms with Crippen LogP contribution >= 0.6 is 0 Å². The number of carbonyl (C=O) groups is 6. The monoisotopic (exact) mass is 1140 g/mol. The van der Waals surface area contributed by atoms with Crippen LogP contribution in [0.1, 0.15) is 142 Å². The van der Waals surface area contributed by atoms with Gasteiger partial charge in [-0.25, -0.2) is 9.59 Å². The Balaban J connectivity index is 1.50. The van der Waals surface area contributed by atoms with Crippen LogP contribution in [-0.4, -0.2) is 118 Å². The Hall–Kier alpha value is -5.51. The lowest BCUT2D eigenvalue weighted by Crippen LogP contribution is -2.82. The summed E-state index contributed by atoms with van der Waals surface area (Å²) < 4.78 is 53.3. The van der Waals surface area contributed by atoms with Crippen LogP contribution < -0.4 is 10.1 Å². The molecule has 1 heterocycles. The number of Topliss-reactive ketones (excluding diaryl/α,β-unsaturated/α-hetero) is 1. The van der Waals surface area contributed by atoms with Gasteiger partial charge in [0.15, 0.2) is 40.2 Å². The molecule has 436 valence electrons. The van der Waals surface area contributed by atoms with Crippen LogP contribution in [0.3, 0.4) is 0 Å². The molecule has 1 saturated heterocycles. The maximum Gasteiger partial charge on any atom is 0.338 e. The van der Waals surface area contributed by atoms with Crippen LogP contribution in [0.5, 0.6) is 5.75 Å². The molecule has 1 amide bonds. The van der Waals surface area contributed by atoms with Crippen LogP contribution in [0, 0.1) is 16.7 Å². The summed E-state index contributed by atoms with van der Waals surface area (Å²) >= 11 is 0. The Bertz CT molecular complexity index is 2820. The van der Waals surface area contributed by atoms with E-state index in [1.165, 1.54) is 19.9 Å². The van der Waals surface area contributed by atoms with Crippen molar-refractivity contribution in [1.82, 2.24) is 5.32 Å². The molecular formula is C62H85NO15Si2. The van der Waals surface area contributed by atoms with Gasteiger partial charge in [-0.2, -0.15) is 0 Å². The third-order valence-corrected chi connectivity index (χ3v) is 27.5. The maximum absolute atomic E-state index is 16.7. The molecule has 0 unspecified atom stereocenters. The standard InChI is InChI=1S/C62H85NO15Si2/c1-17-80(18-2,19-3)77-46-34-47-61(36-71-47,76-40(8)65)52-54(75-56(68)43-31-26-32-44(33-43)72-37(4)5)62(70)35-45(38(6)48(59(62,12)13)50(73-39(7)64)53(66)60(46,52)14)74-57(69)51(78-79(15,16)58(9,10)11)49(41-27-22-20-23-28-41)63-55(67)42-29-24-21-25-30-42/h20-33,37,45-47,49-52,54,70H,17-19,34-36H2,1-16H3,(H,63,67)/t45-,46-,47+,49-,50+,51+,52-,54-,60+,61-,62+/m0/s1. The highest BCUT2D eigenvalue weighted by Gasteiger charge is 2.79. The molecule has 3 fully saturated rings. The Kier molecular flexibility index (Phi) is 18.2. The first-order chi connectivity index (χ1) is 37.4. The molecule has 80 heavy (non-hydrogen) atoms. The van der Waals surface area contributed by atoms with E-state index in [-0.39, 0.29) is 30.3 Å². The van der Waals surface area contributed by atoms with E-state index in [0.717, 1.165) is 0 Å². The fourth-order valence-corrected chi connectivity index (χ4v) is 16.8. The zero-order chi connectivity index (χ0) is 59.1. The van der Waals surface area contributed by atoms with Crippen molar-refractivity contribution in [3.05, 3.63) is 113 Å². The minimum atomic E-state index is -2.96. The van der Waals surface area contributed by atoms with Crippen molar-refractivity contribution in [3.63, 3.8) is 0 Å². The van der Waals surface area contributed by atoms with Crippen molar-refractivity contribution < 1.29 is 71.1 Å². The summed E-state index contributed by atoms with van der Waals surface area (Å²) in [6.45, 7) is 28.8. The second kappa shape index (κ2) is 23.4. The van der Waals surface area contributed by atoms with Gasteiger partial charge in [0.25, 0.3) is 5.91 Å². The van der Waals surface area contributed by atoms with Gasteiger partial charge in [-0.15, -0.1) is 0 Å². The van der Waals surface area contributed by atoms with E-state index in [4.69, 9.17) is 37.3 Å². The lowest BCUT2D eigenvalue weighted by atomic mass is 9.44. The van der Waals surface area contributed by atoms with Gasteiger partial charge in [-0.1, -0.05) is 110 Å². The minimum Gasteiger partial charge on any atom is -0.491 e. The average Bonchev–Trinajstić information content (AvgIpc) is 2.79. The van der Waals surface area contributed by atoms with Gasteiger partial charge in [-0.05, 0) is 111 Å². The first-order valence-corrected chi connectivity index (χ1v) is 33.7. The molecule has 2 saturated carbocycles. The summed E-state index contributed by atoms with van der Waals surface area (Å²) in [6.07, 6.45) is -9.02. The summed E-state index contributed by atoms with van der Waals surface area (Å²) in [4.78, 5) is 89.5. The molecule has 0 radical (unpaired) electrons. The summed E-state index contributed by atoms with van der Waals surface area (Å²) in [6, 6.07) is 24.9. The van der Waals surface area contributed by atoms with Gasteiger partial charge < -0.3 is 47.7 Å². The molecule has 0 spiro atoms. The predicted molar refractivity (Wildman–Crippen MR) is 306 cm³/mol. The number of aliphatic hydroxyl groups is 1. The number of carbonyl (C=O) groups excluding carboxylic acids is 6. The van der Waals surface area contributed by atoms with Crippen molar-refractivity contribution in [1.29, 1.82) is 0 Å². The number of nitrogens with one attached hydrogen (secondary N) is 1. The fraction of sp³-hybridized carbons (Fsp3) is 0.581. The number of hydrogen-bond acceptors (Lipinski definition) is 15. The van der Waals surface area contributed by atoms with E-state index in [0.29, 0.717) is 40.6 Å². The Morgan fingerprint density at radius 2 is 1.43 bits per heavy atom. The molecule has 18 heteroatoms. The number of ether oxygens (including phenoxy) is 6. The Labute approximate surface area is 474 Å². The van der Waals surface area contributed by atoms with Crippen molar-refractivity contribution in [3.8, 4) is 5.75 Å². The van der Waals surface area contributed by atoms with E-state index in [1.54, 1.807) is 100 Å². The number of esters is 4. The van der Waals surface area contributed by atoms with Crippen LogP contribution in [0.15, 0.2) is 96.1 Å². The number of amides is 1. The lowest BCUT2D eigenvalue weighted by molar-refractivity contribution is -0.344. The molecule has 4 aliphatic rings. The third-order valence-electron chi connectivity index (χ3n) is 18.4.